The smallest absolute Gasteiger partial charge is 0.370 e. The molecule has 0 spiro atoms. The zero-order valence-electron chi connectivity index (χ0n) is 13.4. The highest BCUT2D eigenvalue weighted by atomic mass is 16.5. The molecule has 0 atom stereocenters. The number of hydrogen-bond donors (Lipinski definition) is 3. The van der Waals surface area contributed by atoms with Crippen molar-refractivity contribution in [2.24, 2.45) is 0 Å². The second kappa shape index (κ2) is 6.28. The molecule has 1 radical (unpaired) electrons. The highest BCUT2D eigenvalue weighted by molar-refractivity contribution is 6.29. The van der Waals surface area contributed by atoms with Crippen LogP contribution in [0.3, 0.4) is 0 Å². The molecule has 0 unspecified atom stereocenters. The van der Waals surface area contributed by atoms with Gasteiger partial charge in [0.2, 0.25) is 5.95 Å². The molecule has 1 saturated heterocycles. The quantitative estimate of drug-likeness (QED) is 0.663. The highest BCUT2D eigenvalue weighted by Gasteiger charge is 2.32. The number of ether oxygens (including phenoxy) is 1. The summed E-state index contributed by atoms with van der Waals surface area (Å²) in [6.07, 6.45) is 1.47. The van der Waals surface area contributed by atoms with E-state index in [1.54, 1.807) is 13.5 Å². The van der Waals surface area contributed by atoms with E-state index in [1.807, 2.05) is 6.07 Å². The Bertz CT molecular complexity index is 805. The SMILES string of the molecule is Nc1n[nH]c(CN2CC(Oc3ccc4c(c3C(=O)O)O[B]CC4)C2)n1. The Morgan fingerprint density at radius 3 is 3.08 bits per heavy atom. The second-order valence-corrected chi connectivity index (χ2v) is 6.13. The van der Waals surface area contributed by atoms with Crippen LogP contribution in [0.1, 0.15) is 21.7 Å². The molecule has 9 nitrogen and oxygen atoms in total. The van der Waals surface area contributed by atoms with Crippen LogP contribution >= 0.6 is 0 Å². The van der Waals surface area contributed by atoms with E-state index < -0.39 is 5.97 Å². The molecule has 0 aliphatic carbocycles. The van der Waals surface area contributed by atoms with Gasteiger partial charge in [-0.15, -0.1) is 5.10 Å². The van der Waals surface area contributed by atoms with Crippen molar-refractivity contribution >= 4 is 19.4 Å². The summed E-state index contributed by atoms with van der Waals surface area (Å²) in [7, 11) is 1.63. The van der Waals surface area contributed by atoms with E-state index in [1.165, 1.54) is 0 Å². The maximum absolute atomic E-state index is 11.7. The fraction of sp³-hybridized carbons (Fsp3) is 0.400. The van der Waals surface area contributed by atoms with Crippen molar-refractivity contribution in [3.05, 3.63) is 29.1 Å². The molecule has 25 heavy (non-hydrogen) atoms. The van der Waals surface area contributed by atoms with Crippen molar-refractivity contribution in [2.75, 3.05) is 18.8 Å². The molecule has 0 amide bonds. The van der Waals surface area contributed by atoms with Gasteiger partial charge >= 0.3 is 13.5 Å². The van der Waals surface area contributed by atoms with Crippen LogP contribution < -0.4 is 15.1 Å². The van der Waals surface area contributed by atoms with Gasteiger partial charge in [0.05, 0.1) is 6.54 Å². The molecule has 2 aliphatic rings. The zero-order valence-corrected chi connectivity index (χ0v) is 13.4. The lowest BCUT2D eigenvalue weighted by Gasteiger charge is -2.38. The minimum absolute atomic E-state index is 0.0796. The lowest BCUT2D eigenvalue weighted by atomic mass is 9.85. The van der Waals surface area contributed by atoms with Crippen LogP contribution in [-0.2, 0) is 13.0 Å². The number of aromatic carboxylic acids is 1. The number of carbonyl (C=O) groups is 1. The summed E-state index contributed by atoms with van der Waals surface area (Å²) in [6.45, 7) is 1.94. The molecule has 0 saturated carbocycles. The Labute approximate surface area is 144 Å². The fourth-order valence-electron chi connectivity index (χ4n) is 3.09. The number of nitrogens with zero attached hydrogens (tertiary/aromatic N) is 3. The molecular formula is C15H17BN5O4. The molecule has 3 heterocycles. The van der Waals surface area contributed by atoms with Crippen LogP contribution in [-0.4, -0.2) is 57.8 Å². The normalized spacial score (nSPS) is 17.1. The first-order valence-corrected chi connectivity index (χ1v) is 8.03. The Morgan fingerprint density at radius 1 is 1.52 bits per heavy atom. The summed E-state index contributed by atoms with van der Waals surface area (Å²) in [4.78, 5) is 17.8. The van der Waals surface area contributed by atoms with Crippen LogP contribution in [0.5, 0.6) is 11.5 Å². The molecule has 1 aromatic heterocycles. The third-order valence-corrected chi connectivity index (χ3v) is 4.29. The number of carboxylic acids is 1. The molecule has 1 fully saturated rings. The lowest BCUT2D eigenvalue weighted by Crippen LogP contribution is -2.53. The van der Waals surface area contributed by atoms with Gasteiger partial charge < -0.3 is 20.2 Å². The zero-order chi connectivity index (χ0) is 17.4. The van der Waals surface area contributed by atoms with E-state index in [2.05, 4.69) is 20.1 Å². The largest absolute Gasteiger partial charge is 0.562 e. The average molecular weight is 342 g/mol. The minimum atomic E-state index is -1.05. The van der Waals surface area contributed by atoms with E-state index in [0.29, 0.717) is 37.0 Å². The predicted molar refractivity (Wildman–Crippen MR) is 88.8 cm³/mol. The van der Waals surface area contributed by atoms with Crippen molar-refractivity contribution in [1.82, 2.24) is 20.1 Å². The maximum atomic E-state index is 11.7. The Morgan fingerprint density at radius 2 is 2.36 bits per heavy atom. The first-order valence-electron chi connectivity index (χ1n) is 8.03. The average Bonchev–Trinajstić information content (AvgIpc) is 2.97. The molecule has 1 aromatic carbocycles. The van der Waals surface area contributed by atoms with Crippen LogP contribution in [0.15, 0.2) is 12.1 Å². The fourth-order valence-corrected chi connectivity index (χ4v) is 3.09. The van der Waals surface area contributed by atoms with Gasteiger partial charge in [0, 0.05) is 13.1 Å². The predicted octanol–water partition coefficient (Wildman–Crippen LogP) is 0.321. The van der Waals surface area contributed by atoms with Gasteiger partial charge in [-0.2, -0.15) is 4.98 Å². The second-order valence-electron chi connectivity index (χ2n) is 6.13. The molecular weight excluding hydrogens is 325 g/mol. The molecule has 2 aliphatic heterocycles. The highest BCUT2D eigenvalue weighted by Crippen LogP contribution is 2.36. The number of fused-ring (bicyclic) bond motifs is 1. The number of nitrogen functional groups attached to an aromatic ring is 1. The van der Waals surface area contributed by atoms with Crippen molar-refractivity contribution < 1.29 is 19.3 Å². The van der Waals surface area contributed by atoms with Crippen molar-refractivity contribution in [3.8, 4) is 11.5 Å². The van der Waals surface area contributed by atoms with Gasteiger partial charge in [-0.1, -0.05) is 6.07 Å². The number of H-pyrrole nitrogens is 1. The number of nitrogens with two attached hydrogens (primary N) is 1. The number of nitrogens with one attached hydrogen (secondary N) is 1. The van der Waals surface area contributed by atoms with Crippen molar-refractivity contribution in [1.29, 1.82) is 0 Å². The number of aryl methyl sites for hydroxylation is 1. The first-order chi connectivity index (χ1) is 12.1. The van der Waals surface area contributed by atoms with E-state index in [0.717, 1.165) is 18.3 Å². The topological polar surface area (TPSA) is 127 Å². The summed E-state index contributed by atoms with van der Waals surface area (Å²) in [5, 5.41) is 16.1. The van der Waals surface area contributed by atoms with Gasteiger partial charge in [0.15, 0.2) is 0 Å². The Balaban J connectivity index is 1.43. The van der Waals surface area contributed by atoms with Crippen molar-refractivity contribution in [3.63, 3.8) is 0 Å². The monoisotopic (exact) mass is 342 g/mol. The number of likely N-dealkylation sites (tertiary alicyclic amines) is 1. The van der Waals surface area contributed by atoms with E-state index in [4.69, 9.17) is 15.1 Å². The third-order valence-electron chi connectivity index (χ3n) is 4.29. The van der Waals surface area contributed by atoms with Gasteiger partial charge in [-0.05, 0) is 24.4 Å². The van der Waals surface area contributed by atoms with Gasteiger partial charge in [-0.25, -0.2) is 4.79 Å². The molecule has 10 heteroatoms. The maximum Gasteiger partial charge on any atom is 0.370 e. The summed E-state index contributed by atoms with van der Waals surface area (Å²) < 4.78 is 11.4. The standard InChI is InChI=1S/C15H17BN5O4/c17-15-18-11(19-20-15)7-21-5-9(6-21)24-10-2-1-8-3-4-16-25-13(8)12(10)14(22)23/h1-2,9H,3-7H2,(H,22,23)(H3,17,18,19,20). The number of anilines is 1. The summed E-state index contributed by atoms with van der Waals surface area (Å²) in [5.41, 5.74) is 6.46. The Kier molecular flexibility index (Phi) is 3.96. The molecule has 0 bridgehead atoms. The summed E-state index contributed by atoms with van der Waals surface area (Å²) in [6, 6.07) is 3.59. The van der Waals surface area contributed by atoms with E-state index in [-0.39, 0.29) is 17.6 Å². The number of aromatic amines is 1. The number of carboxylic acid groups (broad SMARTS) is 1. The molecule has 129 valence electrons. The van der Waals surface area contributed by atoms with Crippen LogP contribution in [0.4, 0.5) is 5.95 Å². The third kappa shape index (κ3) is 3.12. The first kappa shape index (κ1) is 15.8. The number of hydrogen-bond acceptors (Lipinski definition) is 7. The number of benzene rings is 1. The summed E-state index contributed by atoms with van der Waals surface area (Å²) >= 11 is 0. The number of rotatable bonds is 5. The molecule has 2 aromatic rings. The van der Waals surface area contributed by atoms with Gasteiger partial charge in [-0.3, -0.25) is 10.00 Å². The van der Waals surface area contributed by atoms with E-state index in [9.17, 15) is 9.90 Å². The van der Waals surface area contributed by atoms with Gasteiger partial charge in [0.1, 0.15) is 29.0 Å². The van der Waals surface area contributed by atoms with Crippen LogP contribution in [0.25, 0.3) is 0 Å². The molecule has 4 N–H and O–H groups in total. The number of aromatic nitrogens is 3. The Hall–Kier alpha value is -2.75. The molecule has 4 rings (SSSR count). The van der Waals surface area contributed by atoms with Gasteiger partial charge in [0.25, 0.3) is 0 Å². The van der Waals surface area contributed by atoms with Crippen LogP contribution in [0.2, 0.25) is 6.32 Å². The summed E-state index contributed by atoms with van der Waals surface area (Å²) in [5.74, 6) is 0.607. The lowest BCUT2D eigenvalue weighted by molar-refractivity contribution is 0.0120. The minimum Gasteiger partial charge on any atom is -0.562 e. The van der Waals surface area contributed by atoms with Crippen LogP contribution in [0, 0.1) is 0 Å². The van der Waals surface area contributed by atoms with E-state index >= 15 is 0 Å². The van der Waals surface area contributed by atoms with Crippen molar-refractivity contribution in [2.45, 2.75) is 25.4 Å².